The van der Waals surface area contributed by atoms with E-state index in [1.54, 1.807) is 6.07 Å². The van der Waals surface area contributed by atoms with Crippen molar-refractivity contribution in [2.24, 2.45) is 5.92 Å². The lowest BCUT2D eigenvalue weighted by Crippen LogP contribution is -2.78. The number of ether oxygens (including phenoxy) is 1. The molecular weight excluding hydrogens is 540 g/mol. The Bertz CT molecular complexity index is 1650. The van der Waals surface area contributed by atoms with Gasteiger partial charge in [-0.25, -0.2) is 0 Å². The first-order valence-electron chi connectivity index (χ1n) is 15.6. The molecule has 3 fully saturated rings. The second-order valence-electron chi connectivity index (χ2n) is 13.4. The van der Waals surface area contributed by atoms with E-state index >= 15 is 0 Å². The molecule has 1 saturated heterocycles. The molecule has 3 aliphatic heterocycles. The number of aliphatic hydroxyl groups is 1. The van der Waals surface area contributed by atoms with E-state index in [-0.39, 0.29) is 23.6 Å². The molecule has 43 heavy (non-hydrogen) atoms. The van der Waals surface area contributed by atoms with Crippen LogP contribution in [-0.2, 0) is 21.4 Å². The predicted octanol–water partition coefficient (Wildman–Crippen LogP) is 4.30. The van der Waals surface area contributed by atoms with Gasteiger partial charge in [-0.2, -0.15) is 0 Å². The summed E-state index contributed by atoms with van der Waals surface area (Å²) in [6.07, 6.45) is 4.08. The SMILES string of the molecule is O=C1C(c2ccccc2)=C(c2ccccc2)C(=O)N1[C@@H]1CCC2(O)[C@H]3Cc4ccc(O)c5c4[C@@]2(CCN3CC2CC2)[C@H]1O5. The van der Waals surface area contributed by atoms with E-state index in [1.165, 1.54) is 17.7 Å². The molecule has 5 atom stereocenters. The van der Waals surface area contributed by atoms with Crippen LogP contribution in [-0.4, -0.2) is 68.7 Å². The first-order chi connectivity index (χ1) is 20.9. The van der Waals surface area contributed by atoms with E-state index in [4.69, 9.17) is 4.74 Å². The molecular formula is C36H34N2O5. The maximum Gasteiger partial charge on any atom is 0.262 e. The Hall–Kier alpha value is -3.94. The number of rotatable bonds is 5. The third kappa shape index (κ3) is 3.27. The topological polar surface area (TPSA) is 90.3 Å². The number of nitrogens with zero attached hydrogens (tertiary/aromatic N) is 2. The number of amides is 2. The zero-order valence-electron chi connectivity index (χ0n) is 23.9. The zero-order chi connectivity index (χ0) is 29.1. The Balaban J connectivity index is 1.18. The fraction of sp³-hybridized carbons (Fsp3) is 0.389. The van der Waals surface area contributed by atoms with Crippen LogP contribution < -0.4 is 4.74 Å². The molecule has 2 saturated carbocycles. The largest absolute Gasteiger partial charge is 0.504 e. The van der Waals surface area contributed by atoms with Gasteiger partial charge in [0.15, 0.2) is 11.5 Å². The molecule has 218 valence electrons. The number of imide groups is 1. The highest BCUT2D eigenvalue weighted by atomic mass is 16.5. The van der Waals surface area contributed by atoms with Crippen LogP contribution in [0.5, 0.6) is 11.5 Å². The number of phenolic OH excluding ortho intramolecular Hbond substituents is 1. The van der Waals surface area contributed by atoms with Crippen molar-refractivity contribution in [2.75, 3.05) is 13.1 Å². The number of phenols is 1. The molecule has 1 unspecified atom stereocenters. The molecule has 3 aromatic rings. The lowest BCUT2D eigenvalue weighted by atomic mass is 9.48. The minimum absolute atomic E-state index is 0.0506. The highest BCUT2D eigenvalue weighted by Gasteiger charge is 2.74. The molecule has 6 aliphatic rings. The average Bonchev–Trinajstić information content (AvgIpc) is 3.71. The van der Waals surface area contributed by atoms with Crippen molar-refractivity contribution in [2.45, 2.75) is 67.7 Å². The van der Waals surface area contributed by atoms with E-state index in [0.717, 1.165) is 24.2 Å². The fourth-order valence-electron chi connectivity index (χ4n) is 9.31. The summed E-state index contributed by atoms with van der Waals surface area (Å²) in [4.78, 5) is 32.9. The molecule has 7 heteroatoms. The number of hydrogen-bond acceptors (Lipinski definition) is 6. The lowest BCUT2D eigenvalue weighted by molar-refractivity contribution is -0.201. The van der Waals surface area contributed by atoms with Crippen molar-refractivity contribution in [1.82, 2.24) is 9.80 Å². The summed E-state index contributed by atoms with van der Waals surface area (Å²) in [5, 5.41) is 23.9. The van der Waals surface area contributed by atoms with E-state index in [0.29, 0.717) is 59.6 Å². The third-order valence-electron chi connectivity index (χ3n) is 11.3. The van der Waals surface area contributed by atoms with Gasteiger partial charge in [-0.15, -0.1) is 0 Å². The van der Waals surface area contributed by atoms with Crippen LogP contribution in [0, 0.1) is 5.92 Å². The average molecular weight is 575 g/mol. The van der Waals surface area contributed by atoms with Crippen LogP contribution in [0.15, 0.2) is 72.8 Å². The minimum atomic E-state index is -1.09. The molecule has 7 nitrogen and oxygen atoms in total. The minimum Gasteiger partial charge on any atom is -0.504 e. The zero-order valence-corrected chi connectivity index (χ0v) is 23.9. The van der Waals surface area contributed by atoms with Crippen LogP contribution >= 0.6 is 0 Å². The molecule has 3 aromatic carbocycles. The van der Waals surface area contributed by atoms with E-state index in [9.17, 15) is 19.8 Å². The van der Waals surface area contributed by atoms with Gasteiger partial charge in [0.05, 0.1) is 28.2 Å². The Morgan fingerprint density at radius 3 is 2.12 bits per heavy atom. The second kappa shape index (κ2) is 8.80. The first kappa shape index (κ1) is 25.5. The number of carbonyl (C=O) groups is 2. The van der Waals surface area contributed by atoms with Crippen LogP contribution in [0.25, 0.3) is 11.1 Å². The Kier molecular flexibility index (Phi) is 5.23. The van der Waals surface area contributed by atoms with Crippen molar-refractivity contribution < 1.29 is 24.5 Å². The Morgan fingerprint density at radius 1 is 0.837 bits per heavy atom. The number of aromatic hydroxyl groups is 1. The van der Waals surface area contributed by atoms with Crippen molar-refractivity contribution >= 4 is 23.0 Å². The summed E-state index contributed by atoms with van der Waals surface area (Å²) in [7, 11) is 0. The van der Waals surface area contributed by atoms with Crippen molar-refractivity contribution in [3.8, 4) is 11.5 Å². The van der Waals surface area contributed by atoms with Gasteiger partial charge in [0.25, 0.3) is 11.8 Å². The number of likely N-dealkylation sites (tertiary alicyclic amines) is 1. The molecule has 3 heterocycles. The highest BCUT2D eigenvalue weighted by Crippen LogP contribution is 2.66. The van der Waals surface area contributed by atoms with Crippen LogP contribution in [0.2, 0.25) is 0 Å². The molecule has 2 bridgehead atoms. The summed E-state index contributed by atoms with van der Waals surface area (Å²) in [6.45, 7) is 1.81. The third-order valence-corrected chi connectivity index (χ3v) is 11.3. The van der Waals surface area contributed by atoms with Crippen LogP contribution in [0.3, 0.4) is 0 Å². The van der Waals surface area contributed by atoms with Crippen LogP contribution in [0.4, 0.5) is 0 Å². The lowest BCUT2D eigenvalue weighted by Gasteiger charge is -2.64. The summed E-state index contributed by atoms with van der Waals surface area (Å²) in [5.41, 5.74) is 2.29. The number of carbonyl (C=O) groups excluding carboxylic acids is 2. The first-order valence-corrected chi connectivity index (χ1v) is 15.6. The maximum atomic E-state index is 14.5. The molecule has 0 aromatic heterocycles. The quantitative estimate of drug-likeness (QED) is 0.442. The molecule has 0 radical (unpaired) electrons. The fourth-order valence-corrected chi connectivity index (χ4v) is 9.31. The van der Waals surface area contributed by atoms with Gasteiger partial charge >= 0.3 is 0 Å². The number of hydrogen-bond donors (Lipinski definition) is 2. The Labute approximate surface area is 250 Å². The predicted molar refractivity (Wildman–Crippen MR) is 160 cm³/mol. The van der Waals surface area contributed by atoms with Gasteiger partial charge < -0.3 is 14.9 Å². The van der Waals surface area contributed by atoms with Crippen LogP contribution in [0.1, 0.15) is 54.4 Å². The summed E-state index contributed by atoms with van der Waals surface area (Å²) in [6, 6.07) is 21.8. The number of piperidine rings is 1. The second-order valence-corrected chi connectivity index (χ2v) is 13.4. The standard InChI is InChI=1S/C36H34N2O5/c39-26-14-13-24-19-27-36(42)16-15-25(32-35(36,30(24)31(26)43-32)17-18-37(27)20-21-11-12-21)38-33(40)28(22-7-3-1-4-8-22)29(34(38)41)23-9-5-2-6-10-23/h1-10,13-14,21,25,27,32,39,42H,11-12,15-20H2/t25-,27-,32+,35+,36?/m1/s1. The van der Waals surface area contributed by atoms with Crippen molar-refractivity contribution in [1.29, 1.82) is 0 Å². The maximum absolute atomic E-state index is 14.5. The van der Waals surface area contributed by atoms with Gasteiger partial charge in [0.1, 0.15) is 6.10 Å². The van der Waals surface area contributed by atoms with E-state index in [2.05, 4.69) is 4.90 Å². The van der Waals surface area contributed by atoms with Crippen molar-refractivity contribution in [3.05, 3.63) is 95.1 Å². The Morgan fingerprint density at radius 2 is 1.49 bits per heavy atom. The summed E-state index contributed by atoms with van der Waals surface area (Å²) < 4.78 is 6.71. The monoisotopic (exact) mass is 574 g/mol. The molecule has 1 spiro atoms. The number of benzene rings is 3. The highest BCUT2D eigenvalue weighted by molar-refractivity contribution is 6.49. The smallest absolute Gasteiger partial charge is 0.262 e. The van der Waals surface area contributed by atoms with Gasteiger partial charge in [0, 0.05) is 18.2 Å². The van der Waals surface area contributed by atoms with E-state index < -0.39 is 23.2 Å². The summed E-state index contributed by atoms with van der Waals surface area (Å²) in [5.74, 6) is 0.504. The van der Waals surface area contributed by atoms with Crippen molar-refractivity contribution in [3.63, 3.8) is 0 Å². The molecule has 9 rings (SSSR count). The van der Waals surface area contributed by atoms with Gasteiger partial charge in [-0.3, -0.25) is 19.4 Å². The van der Waals surface area contributed by atoms with E-state index in [1.807, 2.05) is 66.7 Å². The van der Waals surface area contributed by atoms with Gasteiger partial charge in [0.2, 0.25) is 0 Å². The summed E-state index contributed by atoms with van der Waals surface area (Å²) >= 11 is 0. The normalized spacial score (nSPS) is 32.7. The molecule has 2 amide bonds. The molecule has 2 N–H and O–H groups in total. The molecule has 3 aliphatic carbocycles. The van der Waals surface area contributed by atoms with Gasteiger partial charge in [-0.1, -0.05) is 66.7 Å². The van der Waals surface area contributed by atoms with Gasteiger partial charge in [-0.05, 0) is 73.7 Å².